The molecule has 2 nitrogen and oxygen atoms in total. The molecule has 0 fully saturated rings. The number of hydrogen-bond acceptors (Lipinski definition) is 2. The fourth-order valence-electron chi connectivity index (χ4n) is 1.20. The van der Waals surface area contributed by atoms with E-state index in [4.69, 9.17) is 8.85 Å². The third kappa shape index (κ3) is 2.31. The van der Waals surface area contributed by atoms with Crippen LogP contribution in [0.4, 0.5) is 0 Å². The average molecular weight is 308 g/mol. The highest BCUT2D eigenvalue weighted by atomic mass is 127. The first-order valence-corrected chi connectivity index (χ1v) is 7.56. The van der Waals surface area contributed by atoms with Crippen LogP contribution in [0, 0.1) is 0 Å². The SMILES string of the molecule is CO[Si](CI)(OC)c1ccccc1. The predicted molar refractivity (Wildman–Crippen MR) is 64.7 cm³/mol. The Morgan fingerprint density at radius 1 is 1.15 bits per heavy atom. The van der Waals surface area contributed by atoms with E-state index in [-0.39, 0.29) is 0 Å². The minimum absolute atomic E-state index is 0.905. The monoisotopic (exact) mass is 308 g/mol. The highest BCUT2D eigenvalue weighted by Gasteiger charge is 2.36. The Bertz CT molecular complexity index is 241. The first-order valence-electron chi connectivity index (χ1n) is 4.01. The molecule has 1 aromatic carbocycles. The predicted octanol–water partition coefficient (Wildman–Crippen LogP) is 1.60. The summed E-state index contributed by atoms with van der Waals surface area (Å²) in [5.41, 5.74) is 0. The van der Waals surface area contributed by atoms with E-state index in [1.54, 1.807) is 14.2 Å². The summed E-state index contributed by atoms with van der Waals surface area (Å²) in [6.45, 7) is 0. The van der Waals surface area contributed by atoms with Gasteiger partial charge >= 0.3 is 8.56 Å². The summed E-state index contributed by atoms with van der Waals surface area (Å²) in [5, 5.41) is 1.19. The number of rotatable bonds is 4. The third-order valence-corrected chi connectivity index (χ3v) is 7.95. The molecule has 0 saturated carbocycles. The second kappa shape index (κ2) is 5.09. The lowest BCUT2D eigenvalue weighted by molar-refractivity contribution is 0.265. The molecule has 0 atom stereocenters. The van der Waals surface area contributed by atoms with Crippen molar-refractivity contribution in [1.29, 1.82) is 0 Å². The van der Waals surface area contributed by atoms with E-state index in [1.807, 2.05) is 18.2 Å². The molecule has 0 aliphatic rings. The van der Waals surface area contributed by atoms with Crippen molar-refractivity contribution in [3.8, 4) is 0 Å². The van der Waals surface area contributed by atoms with Crippen molar-refractivity contribution in [1.82, 2.24) is 0 Å². The standard InChI is InChI=1S/C9H13IO2Si/c1-11-13(8-10,12-2)9-6-4-3-5-7-9/h3-7H,8H2,1-2H3. The van der Waals surface area contributed by atoms with Gasteiger partial charge in [0.25, 0.3) is 0 Å². The van der Waals surface area contributed by atoms with E-state index in [2.05, 4.69) is 34.7 Å². The minimum Gasteiger partial charge on any atom is -0.394 e. The van der Waals surface area contributed by atoms with Crippen molar-refractivity contribution >= 4 is 36.3 Å². The highest BCUT2D eigenvalue weighted by molar-refractivity contribution is 14.1. The molecular formula is C9H13IO2Si. The van der Waals surface area contributed by atoms with Crippen molar-refractivity contribution in [3.63, 3.8) is 0 Å². The van der Waals surface area contributed by atoms with Gasteiger partial charge in [-0.05, 0) is 5.19 Å². The normalized spacial score (nSPS) is 11.6. The molecule has 0 amide bonds. The second-order valence-corrected chi connectivity index (χ2v) is 8.12. The van der Waals surface area contributed by atoms with Gasteiger partial charge in [0.2, 0.25) is 0 Å². The van der Waals surface area contributed by atoms with E-state index in [0.717, 1.165) is 4.05 Å². The molecule has 0 N–H and O–H groups in total. The molecule has 0 bridgehead atoms. The molecule has 0 aliphatic carbocycles. The van der Waals surface area contributed by atoms with Crippen molar-refractivity contribution in [3.05, 3.63) is 30.3 Å². The van der Waals surface area contributed by atoms with Crippen molar-refractivity contribution in [2.45, 2.75) is 0 Å². The van der Waals surface area contributed by atoms with Crippen molar-refractivity contribution in [2.75, 3.05) is 18.3 Å². The summed E-state index contributed by atoms with van der Waals surface area (Å²) >= 11 is 2.32. The Hall–Kier alpha value is 0.0869. The van der Waals surface area contributed by atoms with E-state index < -0.39 is 8.56 Å². The Labute approximate surface area is 93.6 Å². The number of alkyl halides is 1. The van der Waals surface area contributed by atoms with Gasteiger partial charge in [-0.2, -0.15) is 0 Å². The smallest absolute Gasteiger partial charge is 0.382 e. The molecule has 72 valence electrons. The number of hydrogen-bond donors (Lipinski definition) is 0. The lowest BCUT2D eigenvalue weighted by atomic mass is 10.4. The Morgan fingerprint density at radius 2 is 1.69 bits per heavy atom. The molecule has 0 spiro atoms. The molecule has 1 rings (SSSR count). The zero-order valence-electron chi connectivity index (χ0n) is 7.79. The minimum atomic E-state index is -2.11. The first-order chi connectivity index (χ1) is 6.29. The molecular weight excluding hydrogens is 295 g/mol. The molecule has 0 aromatic heterocycles. The van der Waals surface area contributed by atoms with Crippen LogP contribution in [0.2, 0.25) is 0 Å². The van der Waals surface area contributed by atoms with Gasteiger partial charge in [0.15, 0.2) is 0 Å². The zero-order valence-corrected chi connectivity index (χ0v) is 10.9. The van der Waals surface area contributed by atoms with Gasteiger partial charge in [0, 0.05) is 18.3 Å². The summed E-state index contributed by atoms with van der Waals surface area (Å²) in [6, 6.07) is 10.2. The quantitative estimate of drug-likeness (QED) is 0.478. The van der Waals surface area contributed by atoms with Crippen LogP contribution in [0.25, 0.3) is 0 Å². The van der Waals surface area contributed by atoms with E-state index in [0.29, 0.717) is 0 Å². The third-order valence-electron chi connectivity index (χ3n) is 2.05. The maximum Gasteiger partial charge on any atom is 0.382 e. The average Bonchev–Trinajstić information content (AvgIpc) is 2.23. The molecule has 0 saturated heterocycles. The van der Waals surface area contributed by atoms with Gasteiger partial charge in [0.05, 0.1) is 0 Å². The number of benzene rings is 1. The van der Waals surface area contributed by atoms with Crippen LogP contribution in [-0.2, 0) is 8.85 Å². The van der Waals surface area contributed by atoms with E-state index in [9.17, 15) is 0 Å². The number of halogens is 1. The summed E-state index contributed by atoms with van der Waals surface area (Å²) < 4.78 is 12.0. The van der Waals surface area contributed by atoms with Gasteiger partial charge in [-0.1, -0.05) is 52.9 Å². The van der Waals surface area contributed by atoms with Crippen LogP contribution in [-0.4, -0.2) is 26.8 Å². The largest absolute Gasteiger partial charge is 0.394 e. The molecule has 13 heavy (non-hydrogen) atoms. The summed E-state index contributed by atoms with van der Waals surface area (Å²) in [6.07, 6.45) is 0. The van der Waals surface area contributed by atoms with E-state index >= 15 is 0 Å². The topological polar surface area (TPSA) is 18.5 Å². The van der Waals surface area contributed by atoms with Gasteiger partial charge in [0.1, 0.15) is 0 Å². The fraction of sp³-hybridized carbons (Fsp3) is 0.333. The van der Waals surface area contributed by atoms with Crippen LogP contribution in [0.5, 0.6) is 0 Å². The molecule has 0 radical (unpaired) electrons. The summed E-state index contributed by atoms with van der Waals surface area (Å²) in [5.74, 6) is 0. The molecule has 1 aromatic rings. The van der Waals surface area contributed by atoms with Crippen LogP contribution in [0.15, 0.2) is 30.3 Å². The summed E-state index contributed by atoms with van der Waals surface area (Å²) in [4.78, 5) is 0. The van der Waals surface area contributed by atoms with Crippen LogP contribution < -0.4 is 5.19 Å². The van der Waals surface area contributed by atoms with Crippen LogP contribution in [0.3, 0.4) is 0 Å². The first kappa shape index (κ1) is 11.2. The van der Waals surface area contributed by atoms with Gasteiger partial charge < -0.3 is 8.85 Å². The summed E-state index contributed by atoms with van der Waals surface area (Å²) in [7, 11) is 1.34. The van der Waals surface area contributed by atoms with Crippen molar-refractivity contribution < 1.29 is 8.85 Å². The molecule has 0 heterocycles. The van der Waals surface area contributed by atoms with E-state index in [1.165, 1.54) is 5.19 Å². The lowest BCUT2D eigenvalue weighted by Gasteiger charge is -2.25. The van der Waals surface area contributed by atoms with Crippen LogP contribution in [0.1, 0.15) is 0 Å². The molecule has 0 unspecified atom stereocenters. The molecule has 0 aliphatic heterocycles. The van der Waals surface area contributed by atoms with Gasteiger partial charge in [-0.25, -0.2) is 0 Å². The molecule has 4 heteroatoms. The zero-order chi connectivity index (χ0) is 9.73. The second-order valence-electron chi connectivity index (χ2n) is 2.66. The van der Waals surface area contributed by atoms with Gasteiger partial charge in [-0.3, -0.25) is 0 Å². The maximum atomic E-state index is 5.53. The Balaban J connectivity index is 3.01. The van der Waals surface area contributed by atoms with Gasteiger partial charge in [-0.15, -0.1) is 0 Å². The highest BCUT2D eigenvalue weighted by Crippen LogP contribution is 2.09. The Morgan fingerprint density at radius 3 is 2.08 bits per heavy atom. The van der Waals surface area contributed by atoms with Crippen LogP contribution >= 0.6 is 22.6 Å². The lowest BCUT2D eigenvalue weighted by Crippen LogP contribution is -2.54. The van der Waals surface area contributed by atoms with Crippen molar-refractivity contribution in [2.24, 2.45) is 0 Å². The maximum absolute atomic E-state index is 5.53. The Kier molecular flexibility index (Phi) is 4.37. The fourth-order valence-corrected chi connectivity index (χ4v) is 6.10.